The standard InChI is InChI=1S/C5H9ClNO/c6-3-5-4-7-1-2-8-5/h5H,1-4H2. The van der Waals surface area contributed by atoms with Crippen LogP contribution in [-0.2, 0) is 4.74 Å². The highest BCUT2D eigenvalue weighted by atomic mass is 35.5. The van der Waals surface area contributed by atoms with Gasteiger partial charge in [0, 0.05) is 19.0 Å². The van der Waals surface area contributed by atoms with Crippen molar-refractivity contribution < 1.29 is 4.74 Å². The molecule has 1 unspecified atom stereocenters. The minimum Gasteiger partial charge on any atom is -0.374 e. The minimum atomic E-state index is 0.186. The molecule has 1 atom stereocenters. The van der Waals surface area contributed by atoms with E-state index in [9.17, 15) is 0 Å². The molecular weight excluding hydrogens is 126 g/mol. The predicted molar refractivity (Wildman–Crippen MR) is 32.3 cm³/mol. The van der Waals surface area contributed by atoms with E-state index in [4.69, 9.17) is 16.3 Å². The lowest BCUT2D eigenvalue weighted by Crippen LogP contribution is -2.35. The number of rotatable bonds is 1. The number of hydrogen-bond donors (Lipinski definition) is 0. The molecule has 0 aliphatic carbocycles. The quantitative estimate of drug-likeness (QED) is 0.471. The summed E-state index contributed by atoms with van der Waals surface area (Å²) in [6.45, 7) is 2.37. The number of hydrogen-bond acceptors (Lipinski definition) is 1. The van der Waals surface area contributed by atoms with Crippen LogP contribution in [0.5, 0.6) is 0 Å². The van der Waals surface area contributed by atoms with Gasteiger partial charge in [-0.15, -0.1) is 11.6 Å². The van der Waals surface area contributed by atoms with Crippen LogP contribution in [0.25, 0.3) is 0 Å². The average Bonchev–Trinajstić information content (AvgIpc) is 1.90. The summed E-state index contributed by atoms with van der Waals surface area (Å²) in [6.07, 6.45) is 0.186. The van der Waals surface area contributed by atoms with Crippen molar-refractivity contribution in [1.82, 2.24) is 5.32 Å². The molecule has 1 saturated heterocycles. The lowest BCUT2D eigenvalue weighted by Gasteiger charge is -2.19. The molecular formula is C5H9ClNO. The van der Waals surface area contributed by atoms with E-state index in [1.165, 1.54) is 0 Å². The van der Waals surface area contributed by atoms with Gasteiger partial charge in [-0.25, -0.2) is 5.32 Å². The van der Waals surface area contributed by atoms with E-state index in [0.29, 0.717) is 5.88 Å². The molecule has 0 aromatic carbocycles. The Balaban J connectivity index is 2.13. The Kier molecular flexibility index (Phi) is 2.59. The van der Waals surface area contributed by atoms with Gasteiger partial charge in [0.25, 0.3) is 0 Å². The zero-order chi connectivity index (χ0) is 5.82. The van der Waals surface area contributed by atoms with Gasteiger partial charge in [0.05, 0.1) is 12.7 Å². The Hall–Kier alpha value is 0.210. The third-order valence-corrected chi connectivity index (χ3v) is 1.45. The third-order valence-electron chi connectivity index (χ3n) is 1.11. The van der Waals surface area contributed by atoms with Crippen molar-refractivity contribution in [3.8, 4) is 0 Å². The van der Waals surface area contributed by atoms with Gasteiger partial charge in [-0.05, 0) is 0 Å². The molecule has 47 valence electrons. The Labute approximate surface area is 54.2 Å². The minimum absolute atomic E-state index is 0.186. The van der Waals surface area contributed by atoms with E-state index >= 15 is 0 Å². The van der Waals surface area contributed by atoms with Crippen LogP contribution in [0, 0.1) is 0 Å². The summed E-state index contributed by atoms with van der Waals surface area (Å²) in [6, 6.07) is 0. The lowest BCUT2D eigenvalue weighted by molar-refractivity contribution is 0.0416. The summed E-state index contributed by atoms with van der Waals surface area (Å²) in [5.41, 5.74) is 0. The summed E-state index contributed by atoms with van der Waals surface area (Å²) in [7, 11) is 0. The van der Waals surface area contributed by atoms with Crippen LogP contribution < -0.4 is 5.32 Å². The van der Waals surface area contributed by atoms with Crippen molar-refractivity contribution in [2.75, 3.05) is 25.6 Å². The van der Waals surface area contributed by atoms with Gasteiger partial charge in [-0.2, -0.15) is 0 Å². The first-order valence-electron chi connectivity index (χ1n) is 2.74. The number of halogens is 1. The maximum atomic E-state index is 5.50. The average molecular weight is 135 g/mol. The van der Waals surface area contributed by atoms with Crippen molar-refractivity contribution in [3.63, 3.8) is 0 Å². The maximum Gasteiger partial charge on any atom is 0.0851 e. The van der Waals surface area contributed by atoms with Crippen LogP contribution in [0.1, 0.15) is 0 Å². The van der Waals surface area contributed by atoms with Crippen LogP contribution in [0.3, 0.4) is 0 Å². The highest BCUT2D eigenvalue weighted by Gasteiger charge is 2.11. The van der Waals surface area contributed by atoms with Gasteiger partial charge in [0.15, 0.2) is 0 Å². The molecule has 0 bridgehead atoms. The van der Waals surface area contributed by atoms with Crippen molar-refractivity contribution >= 4 is 11.6 Å². The number of ether oxygens (including phenoxy) is 1. The van der Waals surface area contributed by atoms with Crippen LogP contribution in [0.15, 0.2) is 0 Å². The Bertz CT molecular complexity index is 63.4. The van der Waals surface area contributed by atoms with Gasteiger partial charge < -0.3 is 4.74 Å². The second-order valence-electron chi connectivity index (χ2n) is 1.78. The van der Waals surface area contributed by atoms with Crippen molar-refractivity contribution in [2.45, 2.75) is 6.10 Å². The summed E-state index contributed by atoms with van der Waals surface area (Å²) in [5.74, 6) is 0.573. The molecule has 0 saturated carbocycles. The summed E-state index contributed by atoms with van der Waals surface area (Å²) < 4.78 is 5.20. The molecule has 1 fully saturated rings. The Morgan fingerprint density at radius 3 is 3.00 bits per heavy atom. The molecule has 0 amide bonds. The smallest absolute Gasteiger partial charge is 0.0851 e. The van der Waals surface area contributed by atoms with Crippen molar-refractivity contribution in [3.05, 3.63) is 0 Å². The summed E-state index contributed by atoms with van der Waals surface area (Å²) in [5, 5.41) is 4.12. The first-order chi connectivity index (χ1) is 3.93. The van der Waals surface area contributed by atoms with E-state index in [0.717, 1.165) is 19.7 Å². The maximum absolute atomic E-state index is 5.50. The van der Waals surface area contributed by atoms with Gasteiger partial charge in [-0.3, -0.25) is 0 Å². The Morgan fingerprint density at radius 1 is 1.75 bits per heavy atom. The summed E-state index contributed by atoms with van der Waals surface area (Å²) in [4.78, 5) is 0. The zero-order valence-corrected chi connectivity index (χ0v) is 5.40. The van der Waals surface area contributed by atoms with E-state index in [1.807, 2.05) is 0 Å². The predicted octanol–water partition coefficient (Wildman–Crippen LogP) is 0.228. The normalized spacial score (nSPS) is 30.4. The largest absolute Gasteiger partial charge is 0.374 e. The highest BCUT2D eigenvalue weighted by Crippen LogP contribution is 1.97. The zero-order valence-electron chi connectivity index (χ0n) is 4.64. The number of nitrogens with zero attached hydrogens (tertiary/aromatic N) is 1. The number of alkyl halides is 1. The van der Waals surface area contributed by atoms with E-state index in [1.54, 1.807) is 0 Å². The molecule has 1 aliphatic heterocycles. The molecule has 0 aromatic rings. The van der Waals surface area contributed by atoms with Crippen molar-refractivity contribution in [1.29, 1.82) is 0 Å². The lowest BCUT2D eigenvalue weighted by atomic mass is 10.3. The fourth-order valence-corrected chi connectivity index (χ4v) is 0.852. The first-order valence-corrected chi connectivity index (χ1v) is 3.28. The van der Waals surface area contributed by atoms with Crippen LogP contribution in [0.2, 0.25) is 0 Å². The SMILES string of the molecule is ClCC1C[N]CCO1. The molecule has 1 aliphatic rings. The molecule has 0 N–H and O–H groups in total. The molecule has 1 rings (SSSR count). The second-order valence-corrected chi connectivity index (χ2v) is 2.09. The van der Waals surface area contributed by atoms with Gasteiger partial charge >= 0.3 is 0 Å². The van der Waals surface area contributed by atoms with Crippen LogP contribution in [-0.4, -0.2) is 31.7 Å². The molecule has 8 heavy (non-hydrogen) atoms. The first kappa shape index (κ1) is 6.33. The molecule has 0 spiro atoms. The summed E-state index contributed by atoms with van der Waals surface area (Å²) >= 11 is 5.50. The van der Waals surface area contributed by atoms with E-state index in [-0.39, 0.29) is 6.10 Å². The second kappa shape index (κ2) is 3.28. The van der Waals surface area contributed by atoms with E-state index < -0.39 is 0 Å². The number of morpholine rings is 1. The molecule has 1 radical (unpaired) electrons. The Morgan fingerprint density at radius 2 is 2.62 bits per heavy atom. The molecule has 0 aromatic heterocycles. The van der Waals surface area contributed by atoms with Crippen LogP contribution >= 0.6 is 11.6 Å². The highest BCUT2D eigenvalue weighted by molar-refractivity contribution is 6.18. The van der Waals surface area contributed by atoms with Gasteiger partial charge in [0.2, 0.25) is 0 Å². The topological polar surface area (TPSA) is 23.3 Å². The fraction of sp³-hybridized carbons (Fsp3) is 1.00. The van der Waals surface area contributed by atoms with Crippen molar-refractivity contribution in [2.24, 2.45) is 0 Å². The molecule has 1 heterocycles. The van der Waals surface area contributed by atoms with E-state index in [2.05, 4.69) is 5.32 Å². The fourth-order valence-electron chi connectivity index (χ4n) is 0.665. The van der Waals surface area contributed by atoms with Gasteiger partial charge in [0.1, 0.15) is 0 Å². The van der Waals surface area contributed by atoms with Crippen LogP contribution in [0.4, 0.5) is 0 Å². The third kappa shape index (κ3) is 1.62. The molecule has 2 nitrogen and oxygen atoms in total. The monoisotopic (exact) mass is 134 g/mol. The molecule has 3 heteroatoms. The van der Waals surface area contributed by atoms with Gasteiger partial charge in [-0.1, -0.05) is 0 Å².